The number of nitrogens with zero attached hydrogens (tertiary/aromatic N) is 2. The SMILES string of the molecule is CC(NC(=O)C1CCCN1S(C)(=O)=O)c1cn[nH]c1. The lowest BCUT2D eigenvalue weighted by molar-refractivity contribution is -0.124. The van der Waals surface area contributed by atoms with Gasteiger partial charge in [0, 0.05) is 18.3 Å². The predicted octanol–water partition coefficient (Wildman–Crippen LogP) is 0.0109. The molecule has 1 fully saturated rings. The minimum atomic E-state index is -3.33. The standard InChI is InChI=1S/C11H18N4O3S/c1-8(9-6-12-13-7-9)14-11(16)10-4-3-5-15(10)19(2,17)18/h6-8,10H,3-5H2,1-2H3,(H,12,13)(H,14,16). The zero-order valence-electron chi connectivity index (χ0n) is 11.0. The Kier molecular flexibility index (Phi) is 3.91. The van der Waals surface area contributed by atoms with Crippen molar-refractivity contribution in [3.63, 3.8) is 0 Å². The molecular weight excluding hydrogens is 268 g/mol. The Morgan fingerprint density at radius 2 is 2.37 bits per heavy atom. The van der Waals surface area contributed by atoms with Crippen LogP contribution in [0.3, 0.4) is 0 Å². The molecule has 1 aromatic rings. The first-order valence-corrected chi connectivity index (χ1v) is 8.00. The maximum atomic E-state index is 12.2. The first kappa shape index (κ1) is 14.0. The van der Waals surface area contributed by atoms with Crippen LogP contribution in [0.5, 0.6) is 0 Å². The van der Waals surface area contributed by atoms with Crippen LogP contribution in [-0.4, -0.2) is 47.7 Å². The highest BCUT2D eigenvalue weighted by atomic mass is 32.2. The number of carbonyl (C=O) groups is 1. The summed E-state index contributed by atoms with van der Waals surface area (Å²) in [4.78, 5) is 12.2. The molecule has 0 aromatic carbocycles. The molecule has 106 valence electrons. The van der Waals surface area contributed by atoms with Gasteiger partial charge in [-0.3, -0.25) is 9.89 Å². The summed E-state index contributed by atoms with van der Waals surface area (Å²) in [5, 5.41) is 9.32. The third-order valence-electron chi connectivity index (χ3n) is 3.31. The van der Waals surface area contributed by atoms with Crippen molar-refractivity contribution in [3.8, 4) is 0 Å². The van der Waals surface area contributed by atoms with Crippen molar-refractivity contribution in [2.24, 2.45) is 0 Å². The molecule has 19 heavy (non-hydrogen) atoms. The number of rotatable bonds is 4. The van der Waals surface area contributed by atoms with Crippen molar-refractivity contribution in [1.82, 2.24) is 19.8 Å². The van der Waals surface area contributed by atoms with E-state index in [-0.39, 0.29) is 11.9 Å². The lowest BCUT2D eigenvalue weighted by Crippen LogP contribution is -2.46. The lowest BCUT2D eigenvalue weighted by Gasteiger charge is -2.23. The molecule has 0 saturated carbocycles. The van der Waals surface area contributed by atoms with Crippen molar-refractivity contribution < 1.29 is 13.2 Å². The lowest BCUT2D eigenvalue weighted by atomic mass is 10.1. The third-order valence-corrected chi connectivity index (χ3v) is 4.60. The number of nitrogens with one attached hydrogen (secondary N) is 2. The van der Waals surface area contributed by atoms with Gasteiger partial charge < -0.3 is 5.32 Å². The van der Waals surface area contributed by atoms with E-state index in [2.05, 4.69) is 15.5 Å². The van der Waals surface area contributed by atoms with E-state index in [1.54, 1.807) is 12.4 Å². The highest BCUT2D eigenvalue weighted by Crippen LogP contribution is 2.21. The zero-order chi connectivity index (χ0) is 14.0. The van der Waals surface area contributed by atoms with Crippen LogP contribution in [0.25, 0.3) is 0 Å². The fraction of sp³-hybridized carbons (Fsp3) is 0.636. The average molecular weight is 286 g/mol. The summed E-state index contributed by atoms with van der Waals surface area (Å²) < 4.78 is 24.5. The number of aromatic amines is 1. The van der Waals surface area contributed by atoms with E-state index in [9.17, 15) is 13.2 Å². The Labute approximate surface area is 112 Å². The Morgan fingerprint density at radius 1 is 1.63 bits per heavy atom. The first-order chi connectivity index (χ1) is 8.89. The summed E-state index contributed by atoms with van der Waals surface area (Å²) in [5.74, 6) is -0.253. The van der Waals surface area contributed by atoms with E-state index < -0.39 is 16.1 Å². The van der Waals surface area contributed by atoms with Crippen molar-refractivity contribution in [2.75, 3.05) is 12.8 Å². The van der Waals surface area contributed by atoms with Gasteiger partial charge >= 0.3 is 0 Å². The van der Waals surface area contributed by atoms with Crippen molar-refractivity contribution in [1.29, 1.82) is 0 Å². The number of carbonyl (C=O) groups excluding carboxylic acids is 1. The molecule has 2 N–H and O–H groups in total. The average Bonchev–Trinajstić information content (AvgIpc) is 2.99. The van der Waals surface area contributed by atoms with E-state index >= 15 is 0 Å². The molecule has 1 aromatic heterocycles. The molecule has 2 heterocycles. The number of H-pyrrole nitrogens is 1. The molecular formula is C11H18N4O3S. The first-order valence-electron chi connectivity index (χ1n) is 6.15. The number of aromatic nitrogens is 2. The summed E-state index contributed by atoms with van der Waals surface area (Å²) in [6.07, 6.45) is 5.75. The summed E-state index contributed by atoms with van der Waals surface area (Å²) in [7, 11) is -3.33. The number of hydrogen-bond acceptors (Lipinski definition) is 4. The Bertz CT molecular complexity index is 540. The third kappa shape index (κ3) is 3.13. The minimum absolute atomic E-state index is 0.201. The molecule has 0 bridgehead atoms. The molecule has 0 radical (unpaired) electrons. The van der Waals surface area contributed by atoms with Gasteiger partial charge in [-0.2, -0.15) is 9.40 Å². The minimum Gasteiger partial charge on any atom is -0.348 e. The van der Waals surface area contributed by atoms with E-state index in [1.165, 1.54) is 4.31 Å². The second-order valence-corrected chi connectivity index (χ2v) is 6.73. The van der Waals surface area contributed by atoms with Crippen molar-refractivity contribution >= 4 is 15.9 Å². The normalized spacial score (nSPS) is 22.3. The summed E-state index contributed by atoms with van der Waals surface area (Å²) in [6, 6.07) is -0.794. The molecule has 2 unspecified atom stereocenters. The molecule has 1 aliphatic rings. The topological polar surface area (TPSA) is 95.2 Å². The van der Waals surface area contributed by atoms with Gasteiger partial charge in [-0.15, -0.1) is 0 Å². The van der Waals surface area contributed by atoms with Crippen LogP contribution in [0.15, 0.2) is 12.4 Å². The van der Waals surface area contributed by atoms with E-state index in [0.29, 0.717) is 19.4 Å². The second-order valence-electron chi connectivity index (χ2n) is 4.79. The van der Waals surface area contributed by atoms with Crippen LogP contribution < -0.4 is 5.32 Å². The van der Waals surface area contributed by atoms with Gasteiger partial charge in [-0.25, -0.2) is 8.42 Å². The quantitative estimate of drug-likeness (QED) is 0.815. The van der Waals surface area contributed by atoms with Crippen LogP contribution in [0.4, 0.5) is 0 Å². The number of amides is 1. The van der Waals surface area contributed by atoms with Crippen LogP contribution in [0.2, 0.25) is 0 Å². The van der Waals surface area contributed by atoms with E-state index in [4.69, 9.17) is 0 Å². The summed E-state index contributed by atoms with van der Waals surface area (Å²) >= 11 is 0. The zero-order valence-corrected chi connectivity index (χ0v) is 11.8. The number of sulfonamides is 1. The Balaban J connectivity index is 2.04. The molecule has 7 nitrogen and oxygen atoms in total. The molecule has 0 aliphatic carbocycles. The molecule has 1 aliphatic heterocycles. The predicted molar refractivity (Wildman–Crippen MR) is 69.7 cm³/mol. The van der Waals surface area contributed by atoms with Crippen LogP contribution in [0.1, 0.15) is 31.4 Å². The fourth-order valence-electron chi connectivity index (χ4n) is 2.29. The fourth-order valence-corrected chi connectivity index (χ4v) is 3.41. The Morgan fingerprint density at radius 3 is 2.95 bits per heavy atom. The van der Waals surface area contributed by atoms with Gasteiger partial charge in [0.05, 0.1) is 18.5 Å². The Hall–Kier alpha value is -1.41. The summed E-state index contributed by atoms with van der Waals surface area (Å²) in [6.45, 7) is 2.25. The molecule has 8 heteroatoms. The highest BCUT2D eigenvalue weighted by molar-refractivity contribution is 7.88. The largest absolute Gasteiger partial charge is 0.348 e. The second kappa shape index (κ2) is 5.30. The number of hydrogen-bond donors (Lipinski definition) is 2. The highest BCUT2D eigenvalue weighted by Gasteiger charge is 2.36. The molecule has 2 atom stereocenters. The van der Waals surface area contributed by atoms with Crippen LogP contribution in [0, 0.1) is 0 Å². The van der Waals surface area contributed by atoms with Crippen molar-refractivity contribution in [2.45, 2.75) is 31.8 Å². The van der Waals surface area contributed by atoms with Gasteiger partial charge in [0.15, 0.2) is 0 Å². The molecule has 0 spiro atoms. The van der Waals surface area contributed by atoms with Crippen LogP contribution >= 0.6 is 0 Å². The monoisotopic (exact) mass is 286 g/mol. The maximum Gasteiger partial charge on any atom is 0.238 e. The van der Waals surface area contributed by atoms with Gasteiger partial charge in [0.2, 0.25) is 15.9 Å². The van der Waals surface area contributed by atoms with Gasteiger partial charge in [-0.05, 0) is 19.8 Å². The van der Waals surface area contributed by atoms with Gasteiger partial charge in [0.25, 0.3) is 0 Å². The van der Waals surface area contributed by atoms with Crippen molar-refractivity contribution in [3.05, 3.63) is 18.0 Å². The van der Waals surface area contributed by atoms with Crippen LogP contribution in [-0.2, 0) is 14.8 Å². The van der Waals surface area contributed by atoms with Gasteiger partial charge in [0.1, 0.15) is 6.04 Å². The van der Waals surface area contributed by atoms with Gasteiger partial charge in [-0.1, -0.05) is 0 Å². The maximum absolute atomic E-state index is 12.2. The van der Waals surface area contributed by atoms with E-state index in [0.717, 1.165) is 11.8 Å². The van der Waals surface area contributed by atoms with E-state index in [1.807, 2.05) is 6.92 Å². The smallest absolute Gasteiger partial charge is 0.238 e. The molecule has 1 saturated heterocycles. The molecule has 2 rings (SSSR count). The molecule has 1 amide bonds. The summed E-state index contributed by atoms with van der Waals surface area (Å²) in [5.41, 5.74) is 0.859.